The first-order valence-electron chi connectivity index (χ1n) is 5.43. The summed E-state index contributed by atoms with van der Waals surface area (Å²) in [5, 5.41) is 6.30. The van der Waals surface area contributed by atoms with E-state index in [2.05, 4.69) is 10.6 Å². The molecule has 4 nitrogen and oxygen atoms in total. The first kappa shape index (κ1) is 13.5. The van der Waals surface area contributed by atoms with Crippen molar-refractivity contribution in [1.29, 1.82) is 0 Å². The summed E-state index contributed by atoms with van der Waals surface area (Å²) in [6.07, 6.45) is 0. The Kier molecular flexibility index (Phi) is 4.14. The van der Waals surface area contributed by atoms with Gasteiger partial charge in [-0.3, -0.25) is 0 Å². The van der Waals surface area contributed by atoms with Crippen molar-refractivity contribution in [3.05, 3.63) is 52.5 Å². The number of hydrogen-bond donors (Lipinski definition) is 3. The lowest BCUT2D eigenvalue weighted by Crippen LogP contribution is -2.19. The molecule has 0 bridgehead atoms. The molecule has 6 heteroatoms. The summed E-state index contributed by atoms with van der Waals surface area (Å²) in [5.74, 6) is 0. The zero-order valence-electron chi connectivity index (χ0n) is 9.78. The van der Waals surface area contributed by atoms with Crippen molar-refractivity contribution < 1.29 is 4.79 Å². The molecule has 2 aromatic carbocycles. The Morgan fingerprint density at radius 2 is 1.68 bits per heavy atom. The Balaban J connectivity index is 2.03. The molecule has 0 heterocycles. The molecule has 2 rings (SSSR count). The minimum Gasteiger partial charge on any atom is -0.397 e. The molecular weight excluding hydrogens is 285 g/mol. The number of nitrogens with one attached hydrogen (secondary N) is 2. The molecule has 0 aliphatic rings. The van der Waals surface area contributed by atoms with Crippen LogP contribution in [0.15, 0.2) is 42.5 Å². The van der Waals surface area contributed by atoms with Crippen molar-refractivity contribution in [2.75, 3.05) is 16.4 Å². The lowest BCUT2D eigenvalue weighted by molar-refractivity contribution is 0.262. The van der Waals surface area contributed by atoms with Gasteiger partial charge in [-0.15, -0.1) is 0 Å². The van der Waals surface area contributed by atoms with E-state index in [1.165, 1.54) is 0 Å². The van der Waals surface area contributed by atoms with Crippen LogP contribution >= 0.6 is 23.2 Å². The number of nitrogens with two attached hydrogens (primary N) is 1. The van der Waals surface area contributed by atoms with E-state index in [-0.39, 0.29) is 6.03 Å². The highest BCUT2D eigenvalue weighted by molar-refractivity contribution is 6.33. The number of urea groups is 1. The molecule has 0 aliphatic carbocycles. The fraction of sp³-hybridized carbons (Fsp3) is 0. The predicted molar refractivity (Wildman–Crippen MR) is 80.0 cm³/mol. The molecule has 19 heavy (non-hydrogen) atoms. The summed E-state index contributed by atoms with van der Waals surface area (Å²) in [4.78, 5) is 11.8. The van der Waals surface area contributed by atoms with Crippen molar-refractivity contribution in [2.24, 2.45) is 0 Å². The standard InChI is InChI=1S/C13H11Cl2N3O/c14-8-2-1-3-9(6-8)17-13(19)18-10-4-5-11(15)12(16)7-10/h1-7H,16H2,(H2,17,18,19). The topological polar surface area (TPSA) is 67.1 Å². The smallest absolute Gasteiger partial charge is 0.323 e. The van der Waals surface area contributed by atoms with E-state index in [0.29, 0.717) is 27.1 Å². The average molecular weight is 296 g/mol. The number of carbonyl (C=O) groups excluding carboxylic acids is 1. The van der Waals surface area contributed by atoms with Gasteiger partial charge in [-0.1, -0.05) is 29.3 Å². The second kappa shape index (κ2) is 5.82. The highest BCUT2D eigenvalue weighted by Crippen LogP contribution is 2.22. The third kappa shape index (κ3) is 3.77. The fourth-order valence-corrected chi connectivity index (χ4v) is 1.79. The molecular formula is C13H11Cl2N3O. The minimum absolute atomic E-state index is 0.385. The third-order valence-electron chi connectivity index (χ3n) is 2.34. The van der Waals surface area contributed by atoms with Gasteiger partial charge in [0, 0.05) is 16.4 Å². The van der Waals surface area contributed by atoms with E-state index in [1.807, 2.05) is 0 Å². The number of rotatable bonds is 2. The summed E-state index contributed by atoms with van der Waals surface area (Å²) in [5.41, 5.74) is 7.21. The first-order chi connectivity index (χ1) is 9.04. The molecule has 0 radical (unpaired) electrons. The zero-order chi connectivity index (χ0) is 13.8. The van der Waals surface area contributed by atoms with E-state index in [1.54, 1.807) is 42.5 Å². The molecule has 2 aromatic rings. The number of halogens is 2. The number of nitrogen functional groups attached to an aromatic ring is 1. The van der Waals surface area contributed by atoms with Crippen LogP contribution in [-0.2, 0) is 0 Å². The van der Waals surface area contributed by atoms with Gasteiger partial charge in [-0.05, 0) is 36.4 Å². The normalized spacial score (nSPS) is 10.0. The van der Waals surface area contributed by atoms with Crippen molar-refractivity contribution in [3.8, 4) is 0 Å². The maximum absolute atomic E-state index is 11.8. The summed E-state index contributed by atoms with van der Waals surface area (Å²) in [6, 6.07) is 11.3. The molecule has 0 spiro atoms. The molecule has 2 amide bonds. The monoisotopic (exact) mass is 295 g/mol. The summed E-state index contributed by atoms with van der Waals surface area (Å²) < 4.78 is 0. The van der Waals surface area contributed by atoms with Crippen LogP contribution in [0.3, 0.4) is 0 Å². The highest BCUT2D eigenvalue weighted by Gasteiger charge is 2.04. The van der Waals surface area contributed by atoms with Crippen LogP contribution in [0.2, 0.25) is 10.0 Å². The van der Waals surface area contributed by atoms with Crippen LogP contribution < -0.4 is 16.4 Å². The van der Waals surface area contributed by atoms with Gasteiger partial charge in [0.15, 0.2) is 0 Å². The zero-order valence-corrected chi connectivity index (χ0v) is 11.3. The van der Waals surface area contributed by atoms with Crippen LogP contribution in [0.25, 0.3) is 0 Å². The average Bonchev–Trinajstić information content (AvgIpc) is 2.34. The minimum atomic E-state index is -0.385. The van der Waals surface area contributed by atoms with Crippen LogP contribution in [0.1, 0.15) is 0 Å². The molecule has 0 saturated heterocycles. The van der Waals surface area contributed by atoms with Gasteiger partial charge in [0.05, 0.1) is 10.7 Å². The molecule has 0 unspecified atom stereocenters. The number of carbonyl (C=O) groups is 1. The van der Waals surface area contributed by atoms with E-state index in [9.17, 15) is 4.79 Å². The molecule has 0 atom stereocenters. The Morgan fingerprint density at radius 3 is 2.32 bits per heavy atom. The second-order valence-corrected chi connectivity index (χ2v) is 4.67. The van der Waals surface area contributed by atoms with Crippen molar-refractivity contribution in [2.45, 2.75) is 0 Å². The van der Waals surface area contributed by atoms with E-state index in [0.717, 1.165) is 0 Å². The van der Waals surface area contributed by atoms with E-state index in [4.69, 9.17) is 28.9 Å². The van der Waals surface area contributed by atoms with Crippen LogP contribution in [0.5, 0.6) is 0 Å². The van der Waals surface area contributed by atoms with Crippen LogP contribution in [0, 0.1) is 0 Å². The Morgan fingerprint density at radius 1 is 1.00 bits per heavy atom. The van der Waals surface area contributed by atoms with Crippen LogP contribution in [-0.4, -0.2) is 6.03 Å². The van der Waals surface area contributed by atoms with Gasteiger partial charge in [0.2, 0.25) is 0 Å². The molecule has 0 saturated carbocycles. The maximum atomic E-state index is 11.8. The van der Waals surface area contributed by atoms with Gasteiger partial charge < -0.3 is 16.4 Å². The highest BCUT2D eigenvalue weighted by atomic mass is 35.5. The lowest BCUT2D eigenvalue weighted by atomic mass is 10.3. The number of amides is 2. The quantitative estimate of drug-likeness (QED) is 0.726. The van der Waals surface area contributed by atoms with Crippen molar-refractivity contribution >= 4 is 46.3 Å². The van der Waals surface area contributed by atoms with Crippen molar-refractivity contribution in [3.63, 3.8) is 0 Å². The molecule has 98 valence electrons. The maximum Gasteiger partial charge on any atom is 0.323 e. The summed E-state index contributed by atoms with van der Waals surface area (Å²) in [6.45, 7) is 0. The first-order valence-corrected chi connectivity index (χ1v) is 6.19. The molecule has 4 N–H and O–H groups in total. The van der Waals surface area contributed by atoms with Gasteiger partial charge in [0.1, 0.15) is 0 Å². The number of hydrogen-bond acceptors (Lipinski definition) is 2. The fourth-order valence-electron chi connectivity index (χ4n) is 1.48. The van der Waals surface area contributed by atoms with Gasteiger partial charge in [-0.2, -0.15) is 0 Å². The SMILES string of the molecule is Nc1cc(NC(=O)Nc2cccc(Cl)c2)ccc1Cl. The molecule has 0 fully saturated rings. The summed E-state index contributed by atoms with van der Waals surface area (Å²) >= 11 is 11.6. The predicted octanol–water partition coefficient (Wildman–Crippen LogP) is 4.22. The molecule has 0 aliphatic heterocycles. The summed E-state index contributed by atoms with van der Waals surface area (Å²) in [7, 11) is 0. The van der Waals surface area contributed by atoms with E-state index < -0.39 is 0 Å². The number of anilines is 3. The second-order valence-electron chi connectivity index (χ2n) is 3.83. The van der Waals surface area contributed by atoms with Gasteiger partial charge in [0.25, 0.3) is 0 Å². The number of benzene rings is 2. The largest absolute Gasteiger partial charge is 0.397 e. The van der Waals surface area contributed by atoms with Gasteiger partial charge in [-0.25, -0.2) is 4.79 Å². The lowest BCUT2D eigenvalue weighted by Gasteiger charge is -2.08. The molecule has 0 aromatic heterocycles. The Labute approximate surface area is 120 Å². The Hall–Kier alpha value is -1.91. The van der Waals surface area contributed by atoms with Crippen LogP contribution in [0.4, 0.5) is 21.9 Å². The van der Waals surface area contributed by atoms with Crippen molar-refractivity contribution in [1.82, 2.24) is 0 Å². The third-order valence-corrected chi connectivity index (χ3v) is 2.92. The van der Waals surface area contributed by atoms with E-state index >= 15 is 0 Å². The Bertz CT molecular complexity index is 617. The van der Waals surface area contributed by atoms with Gasteiger partial charge >= 0.3 is 6.03 Å².